The van der Waals surface area contributed by atoms with Crippen molar-refractivity contribution in [1.29, 1.82) is 0 Å². The van der Waals surface area contributed by atoms with Gasteiger partial charge in [-0.05, 0) is 25.1 Å². The molecule has 3 aromatic rings. The molecule has 3 rings (SSSR count). The molecule has 0 atom stereocenters. The second-order valence-corrected chi connectivity index (χ2v) is 4.54. The molecule has 0 saturated carbocycles. The summed E-state index contributed by atoms with van der Waals surface area (Å²) in [6.07, 6.45) is 0. The van der Waals surface area contributed by atoms with E-state index in [9.17, 15) is 9.90 Å². The molecule has 0 spiro atoms. The Bertz CT molecular complexity index is 830. The highest BCUT2D eigenvalue weighted by Gasteiger charge is 2.17. The lowest BCUT2D eigenvalue weighted by Crippen LogP contribution is -2.19. The van der Waals surface area contributed by atoms with Crippen LogP contribution in [0.25, 0.3) is 22.2 Å². The fourth-order valence-electron chi connectivity index (χ4n) is 2.26. The van der Waals surface area contributed by atoms with Crippen LogP contribution in [0.15, 0.2) is 35.1 Å². The molecule has 96 valence electrons. The highest BCUT2D eigenvalue weighted by molar-refractivity contribution is 5.91. The van der Waals surface area contributed by atoms with Crippen molar-refractivity contribution in [2.45, 2.75) is 6.92 Å². The Morgan fingerprint density at radius 3 is 2.74 bits per heavy atom. The first kappa shape index (κ1) is 11.5. The maximum Gasteiger partial charge on any atom is 0.264 e. The molecular weight excluding hydrogens is 242 g/mol. The third-order valence-corrected chi connectivity index (χ3v) is 3.24. The third-order valence-electron chi connectivity index (χ3n) is 3.24. The van der Waals surface area contributed by atoms with Crippen molar-refractivity contribution in [2.75, 3.05) is 0 Å². The van der Waals surface area contributed by atoms with Gasteiger partial charge in [-0.2, -0.15) is 5.10 Å². The van der Waals surface area contributed by atoms with E-state index in [0.29, 0.717) is 16.6 Å². The van der Waals surface area contributed by atoms with Gasteiger partial charge in [-0.3, -0.25) is 9.89 Å². The quantitative estimate of drug-likeness (QED) is 0.698. The number of aromatic hydroxyl groups is 1. The van der Waals surface area contributed by atoms with Crippen LogP contribution in [0.2, 0.25) is 0 Å². The Labute approximate surface area is 109 Å². The first-order valence-corrected chi connectivity index (χ1v) is 5.92. The monoisotopic (exact) mass is 255 g/mol. The van der Waals surface area contributed by atoms with Gasteiger partial charge in [-0.25, -0.2) is 0 Å². The number of nitrogens with zero attached hydrogens (tertiary/aromatic N) is 2. The zero-order valence-corrected chi connectivity index (χ0v) is 10.6. The van der Waals surface area contributed by atoms with E-state index in [1.54, 1.807) is 25.2 Å². The Hall–Kier alpha value is -2.56. The summed E-state index contributed by atoms with van der Waals surface area (Å²) in [7, 11) is 1.69. The molecule has 5 nitrogen and oxygen atoms in total. The smallest absolute Gasteiger partial charge is 0.264 e. The van der Waals surface area contributed by atoms with E-state index in [1.807, 2.05) is 19.1 Å². The molecule has 1 aromatic carbocycles. The normalized spacial score (nSPS) is 11.1. The minimum absolute atomic E-state index is 0.0230. The largest absolute Gasteiger partial charge is 0.506 e. The third kappa shape index (κ3) is 1.62. The molecule has 0 bridgehead atoms. The van der Waals surface area contributed by atoms with E-state index in [1.165, 1.54) is 4.57 Å². The SMILES string of the molecule is Cc1cc(-c2c(O)c3ccccc3n(C)c2=O)n[nH]1. The summed E-state index contributed by atoms with van der Waals surface area (Å²) in [6, 6.07) is 8.99. The molecule has 0 aliphatic carbocycles. The number of nitrogens with one attached hydrogen (secondary N) is 1. The minimum atomic E-state index is -0.261. The number of rotatable bonds is 1. The van der Waals surface area contributed by atoms with Gasteiger partial charge in [0, 0.05) is 18.1 Å². The summed E-state index contributed by atoms with van der Waals surface area (Å²) in [5.74, 6) is -0.0230. The number of benzene rings is 1. The maximum atomic E-state index is 12.4. The number of fused-ring (bicyclic) bond motifs is 1. The predicted octanol–water partition coefficient (Wildman–Crippen LogP) is 1.94. The van der Waals surface area contributed by atoms with Crippen LogP contribution in [0.1, 0.15) is 5.69 Å². The average Bonchev–Trinajstić information content (AvgIpc) is 2.83. The van der Waals surface area contributed by atoms with Crippen LogP contribution < -0.4 is 5.56 Å². The summed E-state index contributed by atoms with van der Waals surface area (Å²) in [5, 5.41) is 17.8. The second-order valence-electron chi connectivity index (χ2n) is 4.54. The summed E-state index contributed by atoms with van der Waals surface area (Å²) in [5.41, 5.74) is 1.96. The van der Waals surface area contributed by atoms with Crippen LogP contribution >= 0.6 is 0 Å². The number of aromatic nitrogens is 3. The summed E-state index contributed by atoms with van der Waals surface area (Å²) in [4.78, 5) is 12.4. The summed E-state index contributed by atoms with van der Waals surface area (Å²) < 4.78 is 1.52. The topological polar surface area (TPSA) is 70.9 Å². The van der Waals surface area contributed by atoms with Gasteiger partial charge in [0.2, 0.25) is 0 Å². The van der Waals surface area contributed by atoms with Crippen LogP contribution in [0.5, 0.6) is 5.75 Å². The number of hydrogen-bond donors (Lipinski definition) is 2. The van der Waals surface area contributed by atoms with Gasteiger partial charge in [-0.15, -0.1) is 0 Å². The van der Waals surface area contributed by atoms with Gasteiger partial charge in [0.1, 0.15) is 17.0 Å². The van der Waals surface area contributed by atoms with Crippen molar-refractivity contribution < 1.29 is 5.11 Å². The van der Waals surface area contributed by atoms with Crippen LogP contribution in [-0.2, 0) is 7.05 Å². The fourth-order valence-corrected chi connectivity index (χ4v) is 2.26. The Morgan fingerprint density at radius 2 is 2.05 bits per heavy atom. The van der Waals surface area contributed by atoms with Crippen molar-refractivity contribution >= 4 is 10.9 Å². The number of H-pyrrole nitrogens is 1. The predicted molar refractivity (Wildman–Crippen MR) is 73.2 cm³/mol. The van der Waals surface area contributed by atoms with E-state index in [0.717, 1.165) is 5.69 Å². The molecule has 0 unspecified atom stereocenters. The molecule has 0 aliphatic rings. The van der Waals surface area contributed by atoms with Gasteiger partial charge < -0.3 is 9.67 Å². The van der Waals surface area contributed by atoms with E-state index in [4.69, 9.17) is 0 Å². The molecular formula is C14H13N3O2. The molecule has 2 aromatic heterocycles. The lowest BCUT2D eigenvalue weighted by Gasteiger charge is -2.10. The summed E-state index contributed by atoms with van der Waals surface area (Å²) >= 11 is 0. The number of aromatic amines is 1. The van der Waals surface area contributed by atoms with Gasteiger partial charge >= 0.3 is 0 Å². The lowest BCUT2D eigenvalue weighted by molar-refractivity contribution is 0.481. The first-order valence-electron chi connectivity index (χ1n) is 5.92. The van der Waals surface area contributed by atoms with Crippen LogP contribution in [0, 0.1) is 6.92 Å². The standard InChI is InChI=1S/C14H13N3O2/c1-8-7-10(16-15-8)12-13(18)9-5-3-4-6-11(9)17(2)14(12)19/h3-7,18H,1-2H3,(H,15,16). The molecule has 0 amide bonds. The highest BCUT2D eigenvalue weighted by Crippen LogP contribution is 2.31. The Kier molecular flexibility index (Phi) is 2.41. The second kappa shape index (κ2) is 3.98. The molecule has 19 heavy (non-hydrogen) atoms. The zero-order valence-electron chi connectivity index (χ0n) is 10.6. The zero-order chi connectivity index (χ0) is 13.6. The molecule has 5 heteroatoms. The van der Waals surface area contributed by atoms with Crippen molar-refractivity contribution in [3.05, 3.63) is 46.4 Å². The molecule has 0 aliphatic heterocycles. The van der Waals surface area contributed by atoms with Gasteiger partial charge in [0.05, 0.1) is 5.52 Å². The van der Waals surface area contributed by atoms with Crippen LogP contribution in [0.4, 0.5) is 0 Å². The Balaban J connectivity index is 2.46. The molecule has 0 fully saturated rings. The molecule has 0 saturated heterocycles. The molecule has 2 heterocycles. The van der Waals surface area contributed by atoms with E-state index in [2.05, 4.69) is 10.2 Å². The van der Waals surface area contributed by atoms with Crippen molar-refractivity contribution in [1.82, 2.24) is 14.8 Å². The number of hydrogen-bond acceptors (Lipinski definition) is 3. The highest BCUT2D eigenvalue weighted by atomic mass is 16.3. The van der Waals surface area contributed by atoms with E-state index in [-0.39, 0.29) is 16.9 Å². The van der Waals surface area contributed by atoms with Crippen LogP contribution in [0.3, 0.4) is 0 Å². The average molecular weight is 255 g/mol. The van der Waals surface area contributed by atoms with Crippen molar-refractivity contribution in [2.24, 2.45) is 7.05 Å². The van der Waals surface area contributed by atoms with Crippen molar-refractivity contribution in [3.63, 3.8) is 0 Å². The number of pyridine rings is 1. The Morgan fingerprint density at radius 1 is 1.32 bits per heavy atom. The fraction of sp³-hybridized carbons (Fsp3) is 0.143. The van der Waals surface area contributed by atoms with Crippen molar-refractivity contribution in [3.8, 4) is 17.0 Å². The van der Waals surface area contributed by atoms with E-state index >= 15 is 0 Å². The van der Waals surface area contributed by atoms with Gasteiger partial charge in [0.25, 0.3) is 5.56 Å². The van der Waals surface area contributed by atoms with E-state index < -0.39 is 0 Å². The lowest BCUT2D eigenvalue weighted by atomic mass is 10.1. The van der Waals surface area contributed by atoms with Gasteiger partial charge in [0.15, 0.2) is 0 Å². The van der Waals surface area contributed by atoms with Crippen LogP contribution in [-0.4, -0.2) is 19.9 Å². The first-order chi connectivity index (χ1) is 9.09. The minimum Gasteiger partial charge on any atom is -0.506 e. The molecule has 2 N–H and O–H groups in total. The molecule has 0 radical (unpaired) electrons. The number of aryl methyl sites for hydroxylation is 2. The number of para-hydroxylation sites is 1. The van der Waals surface area contributed by atoms with Gasteiger partial charge in [-0.1, -0.05) is 12.1 Å². The summed E-state index contributed by atoms with van der Waals surface area (Å²) in [6.45, 7) is 1.85. The maximum absolute atomic E-state index is 12.4.